The molecule has 4 aromatic carbocycles. The summed E-state index contributed by atoms with van der Waals surface area (Å²) in [6, 6.07) is 22.5. The Balaban J connectivity index is 0.000000200. The van der Waals surface area contributed by atoms with Gasteiger partial charge in [-0.1, -0.05) is 54.4 Å². The molecular formula is C55H57Cl3N8O6S2. The Hall–Kier alpha value is -5.69. The lowest BCUT2D eigenvalue weighted by Gasteiger charge is -2.34. The first-order chi connectivity index (χ1) is 35.1. The summed E-state index contributed by atoms with van der Waals surface area (Å²) in [6.45, 7) is 22.1. The summed E-state index contributed by atoms with van der Waals surface area (Å²) in [5.74, 6) is -0.812. The number of hydrogen-bond acceptors (Lipinski definition) is 15. The Morgan fingerprint density at radius 3 is 1.57 bits per heavy atom. The maximum absolute atomic E-state index is 13.0. The number of ether oxygens (including phenoxy) is 3. The van der Waals surface area contributed by atoms with Gasteiger partial charge in [0.25, 0.3) is 0 Å². The number of esters is 1. The predicted octanol–water partition coefficient (Wildman–Crippen LogP) is 13.5. The maximum Gasteiger partial charge on any atom is 0.339 e. The number of nitrogens with zero attached hydrogens (tertiary/aromatic N) is 8. The summed E-state index contributed by atoms with van der Waals surface area (Å²) < 4.78 is 19.3. The Morgan fingerprint density at radius 2 is 1.12 bits per heavy atom. The van der Waals surface area contributed by atoms with Crippen LogP contribution in [0.1, 0.15) is 82.9 Å². The molecule has 4 aromatic heterocycles. The Morgan fingerprint density at radius 1 is 0.662 bits per heavy atom. The highest BCUT2D eigenvalue weighted by Crippen LogP contribution is 2.46. The topological polar surface area (TPSA) is 166 Å². The number of carbonyl (C=O) groups excluding carboxylic acids is 1. The van der Waals surface area contributed by atoms with Crippen LogP contribution < -0.4 is 4.90 Å². The number of carboxylic acids is 1. The summed E-state index contributed by atoms with van der Waals surface area (Å²) in [6.07, 6.45) is 1.29. The third kappa shape index (κ3) is 12.5. The predicted molar refractivity (Wildman–Crippen MR) is 298 cm³/mol. The lowest BCUT2D eigenvalue weighted by molar-refractivity contribution is -0.164. The van der Waals surface area contributed by atoms with Gasteiger partial charge in [0.15, 0.2) is 12.2 Å². The minimum atomic E-state index is -1.16. The van der Waals surface area contributed by atoms with Crippen LogP contribution in [0.3, 0.4) is 0 Å². The van der Waals surface area contributed by atoms with Crippen LogP contribution in [-0.2, 0) is 23.8 Å². The molecule has 1 fully saturated rings. The number of thiazole rings is 2. The van der Waals surface area contributed by atoms with Crippen molar-refractivity contribution in [1.29, 1.82) is 0 Å². The zero-order valence-corrected chi connectivity index (χ0v) is 46.7. The van der Waals surface area contributed by atoms with Crippen molar-refractivity contribution in [1.82, 2.24) is 34.8 Å². The molecule has 5 heterocycles. The Bertz CT molecular complexity index is 3330. The van der Waals surface area contributed by atoms with E-state index in [1.165, 1.54) is 29.8 Å². The highest BCUT2D eigenvalue weighted by atomic mass is 35.5. The molecule has 74 heavy (non-hydrogen) atoms. The van der Waals surface area contributed by atoms with Gasteiger partial charge in [-0.2, -0.15) is 0 Å². The second kappa shape index (κ2) is 22.7. The van der Waals surface area contributed by atoms with Crippen LogP contribution in [0.4, 0.5) is 5.95 Å². The van der Waals surface area contributed by atoms with Gasteiger partial charge in [0.05, 0.1) is 38.7 Å². The number of likely N-dealkylation sites (N-methyl/N-ethyl adjacent to an activating group) is 1. The number of fused-ring (bicyclic) bond motifs is 2. The van der Waals surface area contributed by atoms with Crippen molar-refractivity contribution in [3.63, 3.8) is 0 Å². The standard InChI is InChI=1S/C30H34ClN5O3S.C25H23Cl2N3O3S/c1-6-35-13-15-36(16-14-35)29-32-12-11-21(34-29)27-33-22-17-18(2)23(25(28(37)38)39-30(3,4)5)24(26(22)40-27)19-7-9-20(31)10-8-19;1-13-12-17-21(34-22(29-17)16-10-11-28-24(27)30-16)19(14-6-8-15(26)9-7-14)18(13)20(23(31)32-5)33-25(2,3)4/h7-12,17,25H,6,13-16H2,1-5H3,(H,37,38);6-12,20H,1-5H3/t25-;20-/m00/s1. The van der Waals surface area contributed by atoms with Gasteiger partial charge >= 0.3 is 11.9 Å². The quantitative estimate of drug-likeness (QED) is 0.0907. The summed E-state index contributed by atoms with van der Waals surface area (Å²) in [5.41, 5.74) is 8.03. The van der Waals surface area contributed by atoms with E-state index < -0.39 is 35.3 Å². The number of carboxylic acid groups (broad SMARTS) is 1. The van der Waals surface area contributed by atoms with E-state index in [1.54, 1.807) is 18.5 Å². The van der Waals surface area contributed by atoms with Crippen molar-refractivity contribution in [2.24, 2.45) is 0 Å². The molecule has 0 radical (unpaired) electrons. The van der Waals surface area contributed by atoms with E-state index in [2.05, 4.69) is 31.7 Å². The van der Waals surface area contributed by atoms with Gasteiger partial charge in [0.1, 0.15) is 21.4 Å². The first-order valence-electron chi connectivity index (χ1n) is 24.0. The SMILES string of the molecule is CCN1CCN(c2nccc(-c3nc4cc(C)c([C@H](OC(C)(C)C)C(=O)O)c(-c5ccc(Cl)cc5)c4s3)n2)CC1.COC(=O)[C@@H](OC(C)(C)C)c1c(C)cc2nc(-c3ccnc(Cl)n3)sc2c1-c1ccc(Cl)cc1. The molecule has 19 heteroatoms. The summed E-state index contributed by atoms with van der Waals surface area (Å²) >= 11 is 21.4. The first kappa shape index (κ1) is 54.6. The van der Waals surface area contributed by atoms with E-state index >= 15 is 0 Å². The van der Waals surface area contributed by atoms with Crippen molar-refractivity contribution < 1.29 is 28.9 Å². The number of carbonyl (C=O) groups is 2. The molecule has 14 nitrogen and oxygen atoms in total. The number of methoxy groups -OCH3 is 1. The van der Waals surface area contributed by atoms with Crippen molar-refractivity contribution in [3.8, 4) is 43.7 Å². The lowest BCUT2D eigenvalue weighted by atomic mass is 9.91. The van der Waals surface area contributed by atoms with E-state index in [-0.39, 0.29) is 5.28 Å². The van der Waals surface area contributed by atoms with E-state index in [0.717, 1.165) is 103 Å². The first-order valence-corrected chi connectivity index (χ1v) is 26.7. The number of benzene rings is 4. The van der Waals surface area contributed by atoms with Crippen LogP contribution in [0.25, 0.3) is 64.1 Å². The molecule has 0 spiro atoms. The molecule has 1 N–H and O–H groups in total. The minimum Gasteiger partial charge on any atom is -0.479 e. The molecule has 0 saturated carbocycles. The van der Waals surface area contributed by atoms with Gasteiger partial charge in [-0.25, -0.2) is 39.5 Å². The summed E-state index contributed by atoms with van der Waals surface area (Å²) in [4.78, 5) is 57.7. The second-order valence-electron chi connectivity index (χ2n) is 19.7. The number of aromatic nitrogens is 6. The highest BCUT2D eigenvalue weighted by molar-refractivity contribution is 7.22. The third-order valence-electron chi connectivity index (χ3n) is 12.0. The van der Waals surface area contributed by atoms with E-state index in [9.17, 15) is 14.7 Å². The molecular weight excluding hydrogens is 1040 g/mol. The molecule has 0 unspecified atom stereocenters. The fourth-order valence-corrected chi connectivity index (χ4v) is 11.3. The van der Waals surface area contributed by atoms with Gasteiger partial charge in [-0.15, -0.1) is 22.7 Å². The zero-order valence-electron chi connectivity index (χ0n) is 42.8. The van der Waals surface area contributed by atoms with E-state index in [4.69, 9.17) is 64.0 Å². The molecule has 9 rings (SSSR count). The fraction of sp³-hybridized carbons (Fsp3) is 0.345. The molecule has 1 aliphatic rings. The summed E-state index contributed by atoms with van der Waals surface area (Å²) in [5, 5.41) is 13.1. The maximum atomic E-state index is 13.0. The average molecular weight is 1100 g/mol. The largest absolute Gasteiger partial charge is 0.479 e. The average Bonchev–Trinajstić information content (AvgIpc) is 3.99. The fourth-order valence-electron chi connectivity index (χ4n) is 8.73. The van der Waals surface area contributed by atoms with E-state index in [1.807, 2.05) is 122 Å². The number of halogens is 3. The van der Waals surface area contributed by atoms with Crippen molar-refractivity contribution in [2.45, 2.75) is 85.7 Å². The van der Waals surface area contributed by atoms with Crippen LogP contribution in [0, 0.1) is 13.8 Å². The Kier molecular flexibility index (Phi) is 16.7. The van der Waals surface area contributed by atoms with Crippen molar-refractivity contribution in [2.75, 3.05) is 44.7 Å². The highest BCUT2D eigenvalue weighted by Gasteiger charge is 2.35. The van der Waals surface area contributed by atoms with Crippen LogP contribution >= 0.6 is 57.5 Å². The summed E-state index contributed by atoms with van der Waals surface area (Å²) in [7, 11) is 1.36. The van der Waals surface area contributed by atoms with Crippen LogP contribution in [0.5, 0.6) is 0 Å². The number of hydrogen-bond donors (Lipinski definition) is 1. The molecule has 386 valence electrons. The van der Waals surface area contributed by atoms with Crippen LogP contribution in [0.2, 0.25) is 15.3 Å². The smallest absolute Gasteiger partial charge is 0.339 e. The van der Waals surface area contributed by atoms with E-state index in [0.29, 0.717) is 32.3 Å². The Labute approximate surface area is 453 Å². The van der Waals surface area contributed by atoms with Crippen LogP contribution in [0.15, 0.2) is 85.2 Å². The molecule has 2 atom stereocenters. The zero-order chi connectivity index (χ0) is 53.2. The number of aliphatic carboxylic acids is 1. The molecule has 0 bridgehead atoms. The van der Waals surface area contributed by atoms with Gasteiger partial charge in [0.2, 0.25) is 11.2 Å². The number of aryl methyl sites for hydroxylation is 2. The minimum absolute atomic E-state index is 0.149. The number of piperazine rings is 1. The monoisotopic (exact) mass is 1090 g/mol. The molecule has 0 amide bonds. The normalized spacial score (nSPS) is 14.2. The second-order valence-corrected chi connectivity index (χ2v) is 22.9. The molecule has 0 aliphatic carbocycles. The van der Waals surface area contributed by atoms with Gasteiger partial charge < -0.3 is 29.1 Å². The van der Waals surface area contributed by atoms with Gasteiger partial charge in [0, 0.05) is 70.9 Å². The third-order valence-corrected chi connectivity index (χ3v) is 14.9. The van der Waals surface area contributed by atoms with Crippen molar-refractivity contribution >= 4 is 95.8 Å². The van der Waals surface area contributed by atoms with Crippen LogP contribution in [-0.4, -0.2) is 103 Å². The van der Waals surface area contributed by atoms with Gasteiger partial charge in [-0.3, -0.25) is 0 Å². The number of anilines is 1. The van der Waals surface area contributed by atoms with Gasteiger partial charge in [-0.05, 0) is 144 Å². The van der Waals surface area contributed by atoms with Crippen molar-refractivity contribution in [3.05, 3.63) is 123 Å². The molecule has 1 saturated heterocycles. The molecule has 1 aliphatic heterocycles. The number of rotatable bonds is 12. The lowest BCUT2D eigenvalue weighted by Crippen LogP contribution is -2.46. The molecule has 8 aromatic rings.